The van der Waals surface area contributed by atoms with Gasteiger partial charge in [-0.15, -0.1) is 0 Å². The maximum Gasteiger partial charge on any atom is 0.265 e. The molecule has 1 heterocycles. The molecule has 244 valence electrons. The van der Waals surface area contributed by atoms with Gasteiger partial charge in [0.1, 0.15) is 23.7 Å². The van der Waals surface area contributed by atoms with E-state index in [9.17, 15) is 5.11 Å². The predicted octanol–water partition coefficient (Wildman–Crippen LogP) is 6.57. The van der Waals surface area contributed by atoms with Crippen LogP contribution in [-0.4, -0.2) is 54.7 Å². The highest BCUT2D eigenvalue weighted by atomic mass is 28.4. The van der Waals surface area contributed by atoms with Gasteiger partial charge in [0.15, 0.2) is 19.7 Å². The number of carbonyl (C=O) groups excluding carboxylic acids is 2. The van der Waals surface area contributed by atoms with Crippen molar-refractivity contribution in [1.29, 1.82) is 0 Å². The number of aliphatic hydroxyl groups is 1. The van der Waals surface area contributed by atoms with Crippen LogP contribution < -0.4 is 10.5 Å². The Bertz CT molecular complexity index is 1780. The fourth-order valence-corrected chi connectivity index (χ4v) is 8.63. The molecule has 0 saturated heterocycles. The number of fused-ring (bicyclic) bond motifs is 4. The normalized spacial score (nSPS) is 24.4. The molecule has 0 radical (unpaired) electrons. The second-order valence-corrected chi connectivity index (χ2v) is 19.3. The zero-order chi connectivity index (χ0) is 33.5. The fraction of sp³-hybridized carbons (Fsp3) is 0.457. The van der Waals surface area contributed by atoms with Crippen molar-refractivity contribution in [3.63, 3.8) is 0 Å². The molecule has 0 amide bonds. The first-order chi connectivity index (χ1) is 21.5. The standard InChI is InChI=1S/C35H42FN3O6Si/c1-18-24(37)16-23(36)21-14-20-15-22-28(39(5)6)30-27(33(38-44-30)43-17-19-12-10-9-11-13-19)32(42)35(22,45-46(7,8)34(2,3)4)31(41)26(20)29(40)25(18)21/h9-13,16,20,22,28,40H,14-15,17,37H2,1-8H3/t20-,22-,28-,35-/m0/s1. The summed E-state index contributed by atoms with van der Waals surface area (Å²) in [5.74, 6) is -3.08. The topological polar surface area (TPSA) is 128 Å². The second kappa shape index (κ2) is 10.9. The number of ketones is 2. The molecule has 1 saturated carbocycles. The molecular weight excluding hydrogens is 605 g/mol. The minimum Gasteiger partial charge on any atom is -0.507 e. The fourth-order valence-electron chi connectivity index (χ4n) is 7.19. The summed E-state index contributed by atoms with van der Waals surface area (Å²) >= 11 is 0. The van der Waals surface area contributed by atoms with Crippen LogP contribution in [0.5, 0.6) is 5.88 Å². The molecule has 3 N–H and O–H groups in total. The van der Waals surface area contributed by atoms with Gasteiger partial charge in [0.2, 0.25) is 11.6 Å². The van der Waals surface area contributed by atoms with Gasteiger partial charge in [-0.2, -0.15) is 0 Å². The van der Waals surface area contributed by atoms with Crippen molar-refractivity contribution in [2.45, 2.75) is 76.9 Å². The number of benzene rings is 2. The molecule has 0 aliphatic heterocycles. The van der Waals surface area contributed by atoms with Gasteiger partial charge in [-0.3, -0.25) is 14.5 Å². The lowest BCUT2D eigenvalue weighted by molar-refractivity contribution is -0.140. The summed E-state index contributed by atoms with van der Waals surface area (Å²) in [6.45, 7) is 11.9. The van der Waals surface area contributed by atoms with Crippen molar-refractivity contribution < 1.29 is 32.8 Å². The highest BCUT2D eigenvalue weighted by Gasteiger charge is 2.68. The van der Waals surface area contributed by atoms with Gasteiger partial charge in [0, 0.05) is 22.7 Å². The van der Waals surface area contributed by atoms with E-state index in [1.165, 1.54) is 6.07 Å². The molecule has 9 nitrogen and oxygen atoms in total. The first-order valence-corrected chi connectivity index (χ1v) is 18.6. The lowest BCUT2D eigenvalue weighted by atomic mass is 9.57. The number of hydrogen-bond acceptors (Lipinski definition) is 9. The van der Waals surface area contributed by atoms with E-state index in [0.29, 0.717) is 16.9 Å². The third-order valence-electron chi connectivity index (χ3n) is 10.6. The molecule has 1 aromatic heterocycles. The molecule has 2 aromatic carbocycles. The minimum atomic E-state index is -2.86. The van der Waals surface area contributed by atoms with Crippen molar-refractivity contribution in [3.8, 4) is 5.88 Å². The maximum absolute atomic E-state index is 15.3. The Balaban J connectivity index is 1.58. The molecular formula is C35H42FN3O6Si. The van der Waals surface area contributed by atoms with Gasteiger partial charge in [-0.05, 0) is 85.8 Å². The van der Waals surface area contributed by atoms with E-state index in [1.807, 2.05) is 83.2 Å². The Morgan fingerprint density at radius 1 is 1.15 bits per heavy atom. The van der Waals surface area contributed by atoms with Crippen molar-refractivity contribution in [2.24, 2.45) is 11.8 Å². The number of anilines is 1. The first kappa shape index (κ1) is 32.2. The summed E-state index contributed by atoms with van der Waals surface area (Å²) in [6.07, 6.45) is 0.431. The zero-order valence-electron chi connectivity index (χ0n) is 27.7. The van der Waals surface area contributed by atoms with E-state index in [1.54, 1.807) is 6.92 Å². The molecule has 0 spiro atoms. The van der Waals surface area contributed by atoms with Crippen LogP contribution in [0, 0.1) is 24.6 Å². The van der Waals surface area contributed by atoms with Crippen molar-refractivity contribution >= 4 is 31.3 Å². The molecule has 3 aliphatic rings. The van der Waals surface area contributed by atoms with E-state index in [2.05, 4.69) is 5.16 Å². The molecule has 46 heavy (non-hydrogen) atoms. The number of nitrogen functional groups attached to an aromatic ring is 1. The number of aliphatic hydroxyl groups excluding tert-OH is 1. The van der Waals surface area contributed by atoms with E-state index in [-0.39, 0.29) is 58.5 Å². The smallest absolute Gasteiger partial charge is 0.265 e. The zero-order valence-corrected chi connectivity index (χ0v) is 28.7. The number of ether oxygens (including phenoxy) is 1. The number of nitrogens with two attached hydrogens (primary N) is 1. The largest absolute Gasteiger partial charge is 0.507 e. The van der Waals surface area contributed by atoms with Gasteiger partial charge in [0.05, 0.1) is 6.04 Å². The highest BCUT2D eigenvalue weighted by Crippen LogP contribution is 2.59. The molecule has 4 atom stereocenters. The number of hydrogen-bond donors (Lipinski definition) is 2. The van der Waals surface area contributed by atoms with E-state index >= 15 is 14.0 Å². The second-order valence-electron chi connectivity index (χ2n) is 14.6. The lowest BCUT2D eigenvalue weighted by Crippen LogP contribution is -2.68. The van der Waals surface area contributed by atoms with Crippen LogP contribution in [0.4, 0.5) is 10.1 Å². The van der Waals surface area contributed by atoms with Crippen molar-refractivity contribution in [1.82, 2.24) is 10.1 Å². The van der Waals surface area contributed by atoms with Crippen LogP contribution in [-0.2, 0) is 22.2 Å². The van der Waals surface area contributed by atoms with Gasteiger partial charge < -0.3 is 24.5 Å². The summed E-state index contributed by atoms with van der Waals surface area (Å²) in [5, 5.41) is 15.6. The highest BCUT2D eigenvalue weighted by molar-refractivity contribution is 6.74. The third kappa shape index (κ3) is 4.65. The number of aromatic nitrogens is 1. The summed E-state index contributed by atoms with van der Waals surface area (Å²) in [6, 6.07) is 10.1. The summed E-state index contributed by atoms with van der Waals surface area (Å²) in [7, 11) is 0.839. The Labute approximate surface area is 269 Å². The summed E-state index contributed by atoms with van der Waals surface area (Å²) in [5.41, 5.74) is 6.28. The van der Waals surface area contributed by atoms with Crippen LogP contribution in [0.15, 0.2) is 46.5 Å². The van der Waals surface area contributed by atoms with Crippen LogP contribution in [0.2, 0.25) is 18.1 Å². The van der Waals surface area contributed by atoms with E-state index in [4.69, 9.17) is 19.4 Å². The van der Waals surface area contributed by atoms with Gasteiger partial charge >= 0.3 is 0 Å². The number of rotatable bonds is 6. The van der Waals surface area contributed by atoms with Crippen LogP contribution in [0.3, 0.4) is 0 Å². The monoisotopic (exact) mass is 647 g/mol. The quantitative estimate of drug-likeness (QED) is 0.173. The Kier molecular flexibility index (Phi) is 7.61. The Morgan fingerprint density at radius 2 is 1.83 bits per heavy atom. The number of Topliss-reactive ketones (excluding diaryl/α,β-unsaturated/α-hetero) is 2. The SMILES string of the molecule is Cc1c(N)cc(F)c2c1C(O)=C1C(=O)[C@]3(O[Si](C)(C)C(C)(C)C)C(=O)c4c(OCc5ccccc5)noc4[C@@H](N(C)C)[C@@H]3C[C@@H]1C2. The van der Waals surface area contributed by atoms with Crippen molar-refractivity contribution in [3.05, 3.63) is 81.4 Å². The minimum absolute atomic E-state index is 0.0137. The molecule has 3 aliphatic carbocycles. The predicted molar refractivity (Wildman–Crippen MR) is 174 cm³/mol. The van der Waals surface area contributed by atoms with Crippen LogP contribution in [0.1, 0.15) is 71.6 Å². The molecule has 0 bridgehead atoms. The Morgan fingerprint density at radius 3 is 2.46 bits per heavy atom. The molecule has 11 heteroatoms. The van der Waals surface area contributed by atoms with E-state index < -0.39 is 49.2 Å². The van der Waals surface area contributed by atoms with Gasteiger partial charge in [-0.25, -0.2) is 4.39 Å². The first-order valence-electron chi connectivity index (χ1n) is 15.6. The van der Waals surface area contributed by atoms with Crippen molar-refractivity contribution in [2.75, 3.05) is 19.8 Å². The molecule has 3 aromatic rings. The maximum atomic E-state index is 15.3. The van der Waals surface area contributed by atoms with Gasteiger partial charge in [0.25, 0.3) is 5.88 Å². The van der Waals surface area contributed by atoms with Crippen LogP contribution >= 0.6 is 0 Å². The third-order valence-corrected chi connectivity index (χ3v) is 15.0. The number of nitrogens with zero attached hydrogens (tertiary/aromatic N) is 2. The summed E-state index contributed by atoms with van der Waals surface area (Å²) in [4.78, 5) is 32.3. The Hall–Kier alpha value is -3.80. The number of carbonyl (C=O) groups is 2. The van der Waals surface area contributed by atoms with Crippen LogP contribution in [0.25, 0.3) is 5.76 Å². The lowest BCUT2D eigenvalue weighted by Gasteiger charge is -2.55. The molecule has 1 fully saturated rings. The van der Waals surface area contributed by atoms with E-state index in [0.717, 1.165) is 5.56 Å². The molecule has 0 unspecified atom stereocenters. The average molecular weight is 648 g/mol. The summed E-state index contributed by atoms with van der Waals surface area (Å²) < 4.78 is 34.4. The number of halogens is 1. The van der Waals surface area contributed by atoms with Gasteiger partial charge in [-0.1, -0.05) is 51.1 Å². The average Bonchev–Trinajstić information content (AvgIpc) is 3.39. The molecule has 6 rings (SSSR count).